The van der Waals surface area contributed by atoms with Gasteiger partial charge in [0.1, 0.15) is 0 Å². The molecule has 0 atom stereocenters. The van der Waals surface area contributed by atoms with Crippen LogP contribution in [0.1, 0.15) is 0 Å². The van der Waals surface area contributed by atoms with E-state index in [2.05, 4.69) is 138 Å². The van der Waals surface area contributed by atoms with Crippen LogP contribution >= 0.6 is 0 Å². The van der Waals surface area contributed by atoms with Crippen molar-refractivity contribution < 1.29 is 0 Å². The number of hydrogen-bond donors (Lipinski definition) is 0. The van der Waals surface area contributed by atoms with Crippen molar-refractivity contribution in [1.29, 1.82) is 0 Å². The molecule has 41 heavy (non-hydrogen) atoms. The predicted molar refractivity (Wildman–Crippen MR) is 174 cm³/mol. The van der Waals surface area contributed by atoms with Crippen molar-refractivity contribution in [3.8, 4) is 22.3 Å². The van der Waals surface area contributed by atoms with Crippen LogP contribution < -0.4 is 0 Å². The number of rotatable bonds is 2. The Morgan fingerprint density at radius 3 is 2.00 bits per heavy atom. The van der Waals surface area contributed by atoms with Crippen molar-refractivity contribution in [2.45, 2.75) is 0 Å². The number of benzene rings is 7. The predicted octanol–water partition coefficient (Wildman–Crippen LogP) is 10.4. The summed E-state index contributed by atoms with van der Waals surface area (Å²) in [6.45, 7) is 0. The van der Waals surface area contributed by atoms with Gasteiger partial charge in [0.15, 0.2) is 0 Å². The van der Waals surface area contributed by atoms with E-state index in [4.69, 9.17) is 4.98 Å². The molecule has 2 heterocycles. The quantitative estimate of drug-likeness (QED) is 0.207. The van der Waals surface area contributed by atoms with Crippen LogP contribution in [0.5, 0.6) is 0 Å². The molecule has 0 aliphatic heterocycles. The van der Waals surface area contributed by atoms with Gasteiger partial charge in [0.05, 0.1) is 28.3 Å². The summed E-state index contributed by atoms with van der Waals surface area (Å²) in [5.74, 6) is 0. The Labute approximate surface area is 236 Å². The van der Waals surface area contributed by atoms with Crippen molar-refractivity contribution in [3.63, 3.8) is 0 Å². The highest BCUT2D eigenvalue weighted by Crippen LogP contribution is 2.41. The third kappa shape index (κ3) is 3.22. The highest BCUT2D eigenvalue weighted by atomic mass is 14.9. The second-order valence-corrected chi connectivity index (χ2v) is 10.8. The van der Waals surface area contributed by atoms with Crippen molar-refractivity contribution in [2.24, 2.45) is 0 Å². The Kier molecular flexibility index (Phi) is 4.64. The topological polar surface area (TPSA) is 17.3 Å². The molecule has 0 N–H and O–H groups in total. The normalized spacial score (nSPS) is 11.9. The van der Waals surface area contributed by atoms with Gasteiger partial charge in [-0.1, -0.05) is 109 Å². The minimum Gasteiger partial charge on any atom is -0.306 e. The van der Waals surface area contributed by atoms with Gasteiger partial charge in [-0.25, -0.2) is 0 Å². The summed E-state index contributed by atoms with van der Waals surface area (Å²) in [5.41, 5.74) is 9.32. The zero-order valence-electron chi connectivity index (χ0n) is 22.3. The molecule has 0 saturated carbocycles. The third-order valence-corrected chi connectivity index (χ3v) is 8.59. The maximum atomic E-state index is 4.85. The van der Waals surface area contributed by atoms with Crippen LogP contribution in [-0.2, 0) is 0 Å². The fourth-order valence-corrected chi connectivity index (χ4v) is 6.78. The first-order chi connectivity index (χ1) is 20.3. The minimum atomic E-state index is 0.996. The van der Waals surface area contributed by atoms with Gasteiger partial charge in [-0.15, -0.1) is 0 Å². The fourth-order valence-electron chi connectivity index (χ4n) is 6.78. The Bertz CT molecular complexity index is 2480. The molecule has 9 aromatic rings. The highest BCUT2D eigenvalue weighted by molar-refractivity contribution is 6.21. The highest BCUT2D eigenvalue weighted by Gasteiger charge is 2.17. The van der Waals surface area contributed by atoms with Gasteiger partial charge >= 0.3 is 0 Å². The molecule has 2 nitrogen and oxygen atoms in total. The summed E-state index contributed by atoms with van der Waals surface area (Å²) in [4.78, 5) is 4.85. The lowest BCUT2D eigenvalue weighted by Crippen LogP contribution is -1.90. The molecular weight excluding hydrogens is 496 g/mol. The molecule has 9 rings (SSSR count). The molecule has 2 heteroatoms. The first-order valence-electron chi connectivity index (χ1n) is 14.1. The van der Waals surface area contributed by atoms with Crippen LogP contribution in [0, 0.1) is 0 Å². The van der Waals surface area contributed by atoms with E-state index in [-0.39, 0.29) is 0 Å². The van der Waals surface area contributed by atoms with Crippen LogP contribution in [0.3, 0.4) is 0 Å². The van der Waals surface area contributed by atoms with E-state index < -0.39 is 0 Å². The molecule has 7 aromatic carbocycles. The summed E-state index contributed by atoms with van der Waals surface area (Å²) in [7, 11) is 0. The molecule has 0 aliphatic rings. The number of para-hydroxylation sites is 3. The molecule has 0 spiro atoms. The van der Waals surface area contributed by atoms with Gasteiger partial charge < -0.3 is 4.40 Å². The Hall–Kier alpha value is -5.47. The lowest BCUT2D eigenvalue weighted by molar-refractivity contribution is 1.27. The van der Waals surface area contributed by atoms with Crippen LogP contribution in [-0.4, -0.2) is 9.38 Å². The Balaban J connectivity index is 1.36. The molecule has 190 valence electrons. The van der Waals surface area contributed by atoms with Crippen molar-refractivity contribution in [1.82, 2.24) is 9.38 Å². The Morgan fingerprint density at radius 2 is 1.10 bits per heavy atom. The lowest BCUT2D eigenvalue weighted by Gasteiger charge is -2.14. The molecule has 0 amide bonds. The molecule has 0 unspecified atom stereocenters. The van der Waals surface area contributed by atoms with E-state index in [1.807, 2.05) is 12.3 Å². The maximum Gasteiger partial charge on any atom is 0.0871 e. The standard InChI is InChI=1S/C39H24N2/c1-2-13-28-25(10-1)20-21-31-29-14-3-4-15-30(29)33(23-34(28)31)26-11-9-12-27(22-26)39-32-16-5-7-18-36(32)41-37-19-8-6-17-35(37)40-24-38(39)41/h1-24H. The summed E-state index contributed by atoms with van der Waals surface area (Å²) in [6.07, 6.45) is 2.03. The Morgan fingerprint density at radius 1 is 0.415 bits per heavy atom. The summed E-state index contributed by atoms with van der Waals surface area (Å²) >= 11 is 0. The third-order valence-electron chi connectivity index (χ3n) is 8.59. The van der Waals surface area contributed by atoms with Gasteiger partial charge in [0.25, 0.3) is 0 Å². The zero-order valence-corrected chi connectivity index (χ0v) is 22.3. The second-order valence-electron chi connectivity index (χ2n) is 10.8. The minimum absolute atomic E-state index is 0.996. The number of nitrogens with zero attached hydrogens (tertiary/aromatic N) is 2. The van der Waals surface area contributed by atoms with Gasteiger partial charge in [-0.05, 0) is 79.3 Å². The van der Waals surface area contributed by atoms with E-state index in [0.717, 1.165) is 16.6 Å². The monoisotopic (exact) mass is 520 g/mol. The van der Waals surface area contributed by atoms with E-state index in [1.54, 1.807) is 0 Å². The molecule has 2 aromatic heterocycles. The van der Waals surface area contributed by atoms with Crippen molar-refractivity contribution >= 4 is 59.8 Å². The smallest absolute Gasteiger partial charge is 0.0871 e. The van der Waals surface area contributed by atoms with E-state index in [0.29, 0.717) is 0 Å². The summed E-state index contributed by atoms with van der Waals surface area (Å²) in [6, 6.07) is 50.5. The first-order valence-corrected chi connectivity index (χ1v) is 14.1. The van der Waals surface area contributed by atoms with Crippen LogP contribution in [0.15, 0.2) is 146 Å². The number of aromatic nitrogens is 2. The molecule has 0 radical (unpaired) electrons. The lowest BCUT2D eigenvalue weighted by atomic mass is 9.90. The molecule has 0 fully saturated rings. The molecular formula is C39H24N2. The SMILES string of the molecule is c1cc(-c2cc3c4ccccc4ccc3c3ccccc23)cc(-c2c3ccccc3n3c2cnc2ccccc23)c1. The molecule has 0 saturated heterocycles. The van der Waals surface area contributed by atoms with Crippen LogP contribution in [0.25, 0.3) is 82.0 Å². The average molecular weight is 521 g/mol. The van der Waals surface area contributed by atoms with Crippen LogP contribution in [0.4, 0.5) is 0 Å². The van der Waals surface area contributed by atoms with E-state index in [9.17, 15) is 0 Å². The average Bonchev–Trinajstić information content (AvgIpc) is 3.39. The second kappa shape index (κ2) is 8.51. The molecule has 0 aliphatic carbocycles. The van der Waals surface area contributed by atoms with Gasteiger partial charge in [0, 0.05) is 10.9 Å². The van der Waals surface area contributed by atoms with Crippen molar-refractivity contribution in [3.05, 3.63) is 146 Å². The van der Waals surface area contributed by atoms with Crippen molar-refractivity contribution in [2.75, 3.05) is 0 Å². The zero-order chi connectivity index (χ0) is 26.9. The van der Waals surface area contributed by atoms with E-state index in [1.165, 1.54) is 65.5 Å². The fraction of sp³-hybridized carbons (Fsp3) is 0. The van der Waals surface area contributed by atoms with Gasteiger partial charge in [-0.3, -0.25) is 4.98 Å². The first kappa shape index (κ1) is 22.4. The summed E-state index contributed by atoms with van der Waals surface area (Å²) in [5, 5.41) is 8.92. The molecule has 0 bridgehead atoms. The number of hydrogen-bond acceptors (Lipinski definition) is 1. The van der Waals surface area contributed by atoms with Gasteiger partial charge in [-0.2, -0.15) is 0 Å². The maximum absolute atomic E-state index is 4.85. The largest absolute Gasteiger partial charge is 0.306 e. The van der Waals surface area contributed by atoms with Gasteiger partial charge in [0.2, 0.25) is 0 Å². The van der Waals surface area contributed by atoms with Crippen LogP contribution in [0.2, 0.25) is 0 Å². The number of fused-ring (bicyclic) bond motifs is 10. The summed E-state index contributed by atoms with van der Waals surface area (Å²) < 4.78 is 2.36. The van der Waals surface area contributed by atoms with E-state index >= 15 is 0 Å².